The van der Waals surface area contributed by atoms with Crippen LogP contribution in [0.3, 0.4) is 0 Å². The quantitative estimate of drug-likeness (QED) is 0.576. The standard InChI is InChI=1S/C12H18N2O4/c1-3-4-7-18-10(15)6-5-9-8(2)13-12(17)14-11(9)16/h3-7H2,1-2H3,(H2,13,14,16,17). The normalized spacial score (nSPS) is 10.3. The van der Waals surface area contributed by atoms with Gasteiger partial charge in [0, 0.05) is 17.7 Å². The zero-order chi connectivity index (χ0) is 13.5. The molecule has 1 heterocycles. The Morgan fingerprint density at radius 1 is 1.28 bits per heavy atom. The molecule has 18 heavy (non-hydrogen) atoms. The van der Waals surface area contributed by atoms with Gasteiger partial charge >= 0.3 is 11.7 Å². The molecule has 0 radical (unpaired) electrons. The highest BCUT2D eigenvalue weighted by Crippen LogP contribution is 2.01. The first-order chi connectivity index (χ1) is 8.54. The van der Waals surface area contributed by atoms with Crippen molar-refractivity contribution in [1.29, 1.82) is 0 Å². The van der Waals surface area contributed by atoms with E-state index in [1.807, 2.05) is 6.92 Å². The van der Waals surface area contributed by atoms with Gasteiger partial charge in [0.1, 0.15) is 0 Å². The van der Waals surface area contributed by atoms with Gasteiger partial charge in [0.05, 0.1) is 6.61 Å². The van der Waals surface area contributed by atoms with Crippen LogP contribution in [0.15, 0.2) is 9.59 Å². The summed E-state index contributed by atoms with van der Waals surface area (Å²) < 4.78 is 4.98. The van der Waals surface area contributed by atoms with Gasteiger partial charge in [-0.25, -0.2) is 4.79 Å². The molecule has 0 atom stereocenters. The highest BCUT2D eigenvalue weighted by molar-refractivity contribution is 5.69. The fraction of sp³-hybridized carbons (Fsp3) is 0.583. The van der Waals surface area contributed by atoms with Gasteiger partial charge < -0.3 is 9.72 Å². The molecule has 0 aromatic carbocycles. The smallest absolute Gasteiger partial charge is 0.325 e. The van der Waals surface area contributed by atoms with Crippen LogP contribution in [0.2, 0.25) is 0 Å². The number of carbonyl (C=O) groups excluding carboxylic acids is 1. The van der Waals surface area contributed by atoms with Crippen molar-refractivity contribution >= 4 is 5.97 Å². The maximum atomic E-state index is 11.5. The first-order valence-electron chi connectivity index (χ1n) is 6.02. The Morgan fingerprint density at radius 2 is 2.00 bits per heavy atom. The molecule has 6 nitrogen and oxygen atoms in total. The van der Waals surface area contributed by atoms with E-state index in [0.29, 0.717) is 17.9 Å². The van der Waals surface area contributed by atoms with Crippen molar-refractivity contribution in [3.05, 3.63) is 32.1 Å². The number of hydrogen-bond donors (Lipinski definition) is 2. The van der Waals surface area contributed by atoms with Gasteiger partial charge in [-0.1, -0.05) is 13.3 Å². The molecule has 0 saturated heterocycles. The van der Waals surface area contributed by atoms with Gasteiger partial charge in [-0.3, -0.25) is 14.6 Å². The molecule has 100 valence electrons. The zero-order valence-electron chi connectivity index (χ0n) is 10.7. The number of aryl methyl sites for hydroxylation is 1. The van der Waals surface area contributed by atoms with Crippen LogP contribution in [0.25, 0.3) is 0 Å². The van der Waals surface area contributed by atoms with Crippen molar-refractivity contribution in [2.75, 3.05) is 6.61 Å². The number of H-pyrrole nitrogens is 2. The van der Waals surface area contributed by atoms with Crippen LogP contribution < -0.4 is 11.2 Å². The molecule has 0 saturated carbocycles. The van der Waals surface area contributed by atoms with Crippen LogP contribution in [0.5, 0.6) is 0 Å². The maximum Gasteiger partial charge on any atom is 0.325 e. The summed E-state index contributed by atoms with van der Waals surface area (Å²) in [5.41, 5.74) is -0.0727. The third kappa shape index (κ3) is 4.20. The minimum Gasteiger partial charge on any atom is -0.466 e. The summed E-state index contributed by atoms with van der Waals surface area (Å²) >= 11 is 0. The second-order valence-electron chi connectivity index (χ2n) is 4.09. The third-order valence-corrected chi connectivity index (χ3v) is 2.59. The lowest BCUT2D eigenvalue weighted by Crippen LogP contribution is -2.27. The lowest BCUT2D eigenvalue weighted by Gasteiger charge is -2.05. The van der Waals surface area contributed by atoms with Gasteiger partial charge in [0.15, 0.2) is 0 Å². The number of ether oxygens (including phenoxy) is 1. The van der Waals surface area contributed by atoms with Crippen LogP contribution >= 0.6 is 0 Å². The SMILES string of the molecule is CCCCOC(=O)CCc1c(C)[nH]c(=O)[nH]c1=O. The fourth-order valence-electron chi connectivity index (χ4n) is 1.56. The van der Waals surface area contributed by atoms with Crippen LogP contribution in [-0.4, -0.2) is 22.5 Å². The Morgan fingerprint density at radius 3 is 2.61 bits per heavy atom. The van der Waals surface area contributed by atoms with Gasteiger partial charge in [-0.2, -0.15) is 0 Å². The van der Waals surface area contributed by atoms with Crippen molar-refractivity contribution in [1.82, 2.24) is 9.97 Å². The van der Waals surface area contributed by atoms with Gasteiger partial charge in [-0.15, -0.1) is 0 Å². The summed E-state index contributed by atoms with van der Waals surface area (Å²) in [6.45, 7) is 4.06. The molecule has 1 aromatic heterocycles. The molecule has 6 heteroatoms. The topological polar surface area (TPSA) is 92.0 Å². The van der Waals surface area contributed by atoms with Crippen molar-refractivity contribution < 1.29 is 9.53 Å². The summed E-state index contributed by atoms with van der Waals surface area (Å²) in [4.78, 5) is 38.5. The molecular formula is C12H18N2O4. The second-order valence-corrected chi connectivity index (χ2v) is 4.09. The average molecular weight is 254 g/mol. The molecule has 0 aliphatic carbocycles. The summed E-state index contributed by atoms with van der Waals surface area (Å²) in [6.07, 6.45) is 2.21. The number of hydrogen-bond acceptors (Lipinski definition) is 4. The minimum absolute atomic E-state index is 0.139. The van der Waals surface area contributed by atoms with E-state index in [0.717, 1.165) is 12.8 Å². The number of aromatic nitrogens is 2. The number of aromatic amines is 2. The van der Waals surface area contributed by atoms with Crippen molar-refractivity contribution in [2.45, 2.75) is 39.5 Å². The predicted molar refractivity (Wildman–Crippen MR) is 66.6 cm³/mol. The van der Waals surface area contributed by atoms with Crippen molar-refractivity contribution in [3.8, 4) is 0 Å². The Labute approximate surface area is 104 Å². The van der Waals surface area contributed by atoms with Crippen LogP contribution in [0, 0.1) is 6.92 Å². The van der Waals surface area contributed by atoms with Crippen molar-refractivity contribution in [3.63, 3.8) is 0 Å². The molecule has 0 fully saturated rings. The highest BCUT2D eigenvalue weighted by Gasteiger charge is 2.09. The van der Waals surface area contributed by atoms with Gasteiger partial charge in [0.2, 0.25) is 0 Å². The number of rotatable bonds is 6. The van der Waals surface area contributed by atoms with Gasteiger partial charge in [0.25, 0.3) is 5.56 Å². The van der Waals surface area contributed by atoms with Crippen LogP contribution in [-0.2, 0) is 16.0 Å². The summed E-state index contributed by atoms with van der Waals surface area (Å²) in [6, 6.07) is 0. The lowest BCUT2D eigenvalue weighted by molar-refractivity contribution is -0.143. The average Bonchev–Trinajstić information content (AvgIpc) is 2.27. The Kier molecular flexibility index (Phi) is 5.35. The molecule has 1 rings (SSSR count). The summed E-state index contributed by atoms with van der Waals surface area (Å²) in [5.74, 6) is -0.326. The monoisotopic (exact) mass is 254 g/mol. The highest BCUT2D eigenvalue weighted by atomic mass is 16.5. The van der Waals surface area contributed by atoms with Crippen LogP contribution in [0.4, 0.5) is 0 Å². The van der Waals surface area contributed by atoms with Gasteiger partial charge in [-0.05, 0) is 19.8 Å². The molecule has 0 aliphatic rings. The number of nitrogens with one attached hydrogen (secondary N) is 2. The van der Waals surface area contributed by atoms with E-state index in [4.69, 9.17) is 4.74 Å². The lowest BCUT2D eigenvalue weighted by atomic mass is 10.1. The van der Waals surface area contributed by atoms with E-state index < -0.39 is 11.2 Å². The third-order valence-electron chi connectivity index (χ3n) is 2.59. The van der Waals surface area contributed by atoms with Crippen molar-refractivity contribution in [2.24, 2.45) is 0 Å². The molecule has 0 bridgehead atoms. The molecule has 0 unspecified atom stereocenters. The largest absolute Gasteiger partial charge is 0.466 e. The Hall–Kier alpha value is -1.85. The number of carbonyl (C=O) groups is 1. The van der Waals surface area contributed by atoms with E-state index in [2.05, 4.69) is 9.97 Å². The Balaban J connectivity index is 2.56. The molecule has 0 amide bonds. The zero-order valence-corrected chi connectivity index (χ0v) is 10.7. The first-order valence-corrected chi connectivity index (χ1v) is 6.02. The Bertz CT molecular complexity index is 516. The van der Waals surface area contributed by atoms with E-state index in [-0.39, 0.29) is 18.8 Å². The van der Waals surface area contributed by atoms with Crippen LogP contribution in [0.1, 0.15) is 37.4 Å². The van der Waals surface area contributed by atoms with E-state index >= 15 is 0 Å². The number of esters is 1. The maximum absolute atomic E-state index is 11.5. The molecule has 0 aliphatic heterocycles. The van der Waals surface area contributed by atoms with E-state index in [9.17, 15) is 14.4 Å². The fourth-order valence-corrected chi connectivity index (χ4v) is 1.56. The molecular weight excluding hydrogens is 236 g/mol. The molecule has 1 aromatic rings. The summed E-state index contributed by atoms with van der Waals surface area (Å²) in [5, 5.41) is 0. The first kappa shape index (κ1) is 14.2. The molecule has 0 spiro atoms. The predicted octanol–water partition coefficient (Wildman–Crippen LogP) is 0.648. The molecule has 2 N–H and O–H groups in total. The minimum atomic E-state index is -0.535. The number of unbranched alkanes of at least 4 members (excludes halogenated alkanes) is 1. The summed E-state index contributed by atoms with van der Waals surface area (Å²) in [7, 11) is 0. The van der Waals surface area contributed by atoms with E-state index in [1.54, 1.807) is 6.92 Å². The second kappa shape index (κ2) is 6.78. The van der Waals surface area contributed by atoms with E-state index in [1.165, 1.54) is 0 Å².